The van der Waals surface area contributed by atoms with Crippen LogP contribution in [-0.2, 0) is 37.5 Å². The predicted molar refractivity (Wildman–Crippen MR) is 278 cm³/mol. The zero-order chi connectivity index (χ0) is 47.8. The standard InChI is InChI=1S/C18H22.C16H24.2C14H20O/c1-12-13(2)15-9-10-18(3,4)11-17(15)16-8-6-5-7-14(12)16;1-10-11(2)13(4)15-9-16(5,6)8-7-14(15)12(10)3;1-8-9(2)11(4)13-12(10(8)3)14(5,6)7-15-13;1-8-9(2)11(4)13-12(10(8)3)7-14(5,6)15-13/h5-8H,9-11H2,1-4H3;7-9H2,1-6H3;2*7H2,1-6H3. The highest BCUT2D eigenvalue weighted by molar-refractivity contribution is 5.91. The lowest BCUT2D eigenvalue weighted by molar-refractivity contribution is 0.137. The second-order valence-electron chi connectivity index (χ2n) is 23.6. The fourth-order valence-electron chi connectivity index (χ4n) is 11.6. The van der Waals surface area contributed by atoms with Crippen molar-refractivity contribution in [1.82, 2.24) is 0 Å². The second kappa shape index (κ2) is 17.6. The summed E-state index contributed by atoms with van der Waals surface area (Å²) in [5, 5.41) is 2.94. The molecule has 0 bridgehead atoms. The summed E-state index contributed by atoms with van der Waals surface area (Å²) in [5.74, 6) is 2.28. The summed E-state index contributed by atoms with van der Waals surface area (Å²) in [5.41, 5.74) is 30.7. The first-order valence-corrected chi connectivity index (χ1v) is 24.6. The van der Waals surface area contributed by atoms with Crippen LogP contribution in [0, 0.1) is 108 Å². The van der Waals surface area contributed by atoms with Crippen molar-refractivity contribution in [2.24, 2.45) is 10.8 Å². The molecule has 2 heteroatoms. The predicted octanol–water partition coefficient (Wildman–Crippen LogP) is 16.6. The fraction of sp³-hybridized carbons (Fsp3) is 0.548. The number of aryl methyl sites for hydroxylation is 1. The highest BCUT2D eigenvalue weighted by atomic mass is 16.5. The maximum absolute atomic E-state index is 6.04. The van der Waals surface area contributed by atoms with Crippen molar-refractivity contribution in [3.8, 4) is 11.5 Å². The van der Waals surface area contributed by atoms with Crippen molar-refractivity contribution in [3.05, 3.63) is 136 Å². The van der Waals surface area contributed by atoms with Crippen LogP contribution in [0.1, 0.15) is 180 Å². The molecule has 346 valence electrons. The zero-order valence-corrected chi connectivity index (χ0v) is 44.8. The minimum Gasteiger partial charge on any atom is -0.492 e. The van der Waals surface area contributed by atoms with Gasteiger partial charge in [-0.2, -0.15) is 0 Å². The Balaban J connectivity index is 0.000000142. The summed E-state index contributed by atoms with van der Waals surface area (Å²) in [7, 11) is 0. The lowest BCUT2D eigenvalue weighted by Crippen LogP contribution is -2.24. The van der Waals surface area contributed by atoms with Gasteiger partial charge in [0.05, 0.1) is 6.61 Å². The van der Waals surface area contributed by atoms with Gasteiger partial charge in [0, 0.05) is 23.0 Å². The van der Waals surface area contributed by atoms with Gasteiger partial charge in [0.2, 0.25) is 0 Å². The van der Waals surface area contributed by atoms with E-state index in [1.165, 1.54) is 127 Å². The van der Waals surface area contributed by atoms with Crippen molar-refractivity contribution in [2.75, 3.05) is 6.61 Å². The molecular formula is C62H86O2. The van der Waals surface area contributed by atoms with E-state index in [-0.39, 0.29) is 11.0 Å². The van der Waals surface area contributed by atoms with E-state index in [1.807, 2.05) is 0 Å². The number of rotatable bonds is 0. The Morgan fingerprint density at radius 3 is 1.33 bits per heavy atom. The Bertz CT molecular complexity index is 2600. The normalized spacial score (nSPS) is 17.8. The maximum Gasteiger partial charge on any atom is 0.126 e. The Kier molecular flexibility index (Phi) is 13.6. The molecule has 0 amide bonds. The smallest absolute Gasteiger partial charge is 0.126 e. The van der Waals surface area contributed by atoms with E-state index >= 15 is 0 Å². The lowest BCUT2D eigenvalue weighted by Gasteiger charge is -2.34. The van der Waals surface area contributed by atoms with Crippen LogP contribution in [0.5, 0.6) is 11.5 Å². The summed E-state index contributed by atoms with van der Waals surface area (Å²) in [6, 6.07) is 8.93. The first kappa shape index (κ1) is 49.4. The van der Waals surface area contributed by atoms with Crippen LogP contribution in [-0.4, -0.2) is 12.2 Å². The Labute approximate surface area is 391 Å². The van der Waals surface area contributed by atoms with Gasteiger partial charge in [0.1, 0.15) is 17.1 Å². The van der Waals surface area contributed by atoms with E-state index in [1.54, 1.807) is 33.4 Å². The fourth-order valence-corrected chi connectivity index (χ4v) is 11.6. The minimum atomic E-state index is -0.0297. The second-order valence-corrected chi connectivity index (χ2v) is 23.6. The van der Waals surface area contributed by atoms with Gasteiger partial charge in [-0.1, -0.05) is 65.8 Å². The van der Waals surface area contributed by atoms with Crippen LogP contribution in [0.15, 0.2) is 24.3 Å². The van der Waals surface area contributed by atoms with E-state index in [0.29, 0.717) is 10.8 Å². The van der Waals surface area contributed by atoms with E-state index in [9.17, 15) is 0 Å². The summed E-state index contributed by atoms with van der Waals surface area (Å²) in [6.45, 7) is 50.6. The molecule has 9 rings (SSSR count). The lowest BCUT2D eigenvalue weighted by atomic mass is 9.71. The highest BCUT2D eigenvalue weighted by Gasteiger charge is 2.36. The third kappa shape index (κ3) is 9.20. The van der Waals surface area contributed by atoms with Gasteiger partial charge in [-0.15, -0.1) is 0 Å². The van der Waals surface area contributed by atoms with Gasteiger partial charge < -0.3 is 9.47 Å². The molecule has 2 aliphatic heterocycles. The molecule has 0 spiro atoms. The van der Waals surface area contributed by atoms with Gasteiger partial charge in [-0.3, -0.25) is 0 Å². The molecule has 2 aliphatic carbocycles. The maximum atomic E-state index is 6.04. The highest BCUT2D eigenvalue weighted by Crippen LogP contribution is 2.46. The average molecular weight is 863 g/mol. The quantitative estimate of drug-likeness (QED) is 0.154. The van der Waals surface area contributed by atoms with Crippen molar-refractivity contribution in [2.45, 2.75) is 208 Å². The van der Waals surface area contributed by atoms with Crippen molar-refractivity contribution in [1.29, 1.82) is 0 Å². The SMILES string of the molecule is Cc1c(C)c(C)c2c(c1C)CC(C)(C)O2.Cc1c(C)c(C)c2c(c1C)CCC(C)(C)C2.Cc1c(C)c(C)c2c(c1C)OCC2(C)C.Cc1c2c(c3ccccc3c1C)CC(C)(C)CC2. The largest absolute Gasteiger partial charge is 0.492 e. The Hall–Kier alpha value is -4.04. The van der Waals surface area contributed by atoms with Crippen molar-refractivity contribution in [3.63, 3.8) is 0 Å². The average Bonchev–Trinajstić information content (AvgIpc) is 3.75. The van der Waals surface area contributed by atoms with Gasteiger partial charge >= 0.3 is 0 Å². The zero-order valence-electron chi connectivity index (χ0n) is 44.8. The first-order chi connectivity index (χ1) is 29.5. The number of hydrogen-bond donors (Lipinski definition) is 0. The molecule has 0 fully saturated rings. The summed E-state index contributed by atoms with van der Waals surface area (Å²) in [6.07, 6.45) is 8.70. The molecule has 5 aromatic rings. The van der Waals surface area contributed by atoms with Crippen LogP contribution in [0.4, 0.5) is 0 Å². The minimum absolute atomic E-state index is 0.0297. The van der Waals surface area contributed by atoms with Gasteiger partial charge in [-0.05, 0) is 271 Å². The topological polar surface area (TPSA) is 18.5 Å². The van der Waals surface area contributed by atoms with Crippen molar-refractivity contribution >= 4 is 10.8 Å². The number of ether oxygens (including phenoxy) is 2. The molecule has 64 heavy (non-hydrogen) atoms. The van der Waals surface area contributed by atoms with E-state index in [0.717, 1.165) is 24.5 Å². The van der Waals surface area contributed by atoms with E-state index < -0.39 is 0 Å². The first-order valence-electron chi connectivity index (χ1n) is 24.6. The summed E-state index contributed by atoms with van der Waals surface area (Å²) in [4.78, 5) is 0. The van der Waals surface area contributed by atoms with E-state index in [4.69, 9.17) is 9.47 Å². The van der Waals surface area contributed by atoms with Crippen LogP contribution < -0.4 is 9.47 Å². The molecule has 5 aromatic carbocycles. The molecule has 0 saturated carbocycles. The molecule has 4 aliphatic rings. The van der Waals surface area contributed by atoms with Crippen molar-refractivity contribution < 1.29 is 9.47 Å². The monoisotopic (exact) mass is 863 g/mol. The number of benzene rings is 5. The molecule has 2 heterocycles. The van der Waals surface area contributed by atoms with Crippen LogP contribution >= 0.6 is 0 Å². The van der Waals surface area contributed by atoms with E-state index in [2.05, 4.69) is 177 Å². The molecule has 0 unspecified atom stereocenters. The van der Waals surface area contributed by atoms with Gasteiger partial charge in [0.15, 0.2) is 0 Å². The molecule has 0 N–H and O–H groups in total. The third-order valence-corrected chi connectivity index (χ3v) is 17.0. The van der Waals surface area contributed by atoms with Crippen LogP contribution in [0.2, 0.25) is 0 Å². The molecule has 0 aromatic heterocycles. The molecule has 0 saturated heterocycles. The summed E-state index contributed by atoms with van der Waals surface area (Å²) < 4.78 is 11.9. The third-order valence-electron chi connectivity index (χ3n) is 17.0. The molecule has 0 atom stereocenters. The molecular weight excluding hydrogens is 777 g/mol. The van der Waals surface area contributed by atoms with Gasteiger partial charge in [-0.25, -0.2) is 0 Å². The number of fused-ring (bicyclic) bond motifs is 6. The Morgan fingerprint density at radius 2 is 0.781 bits per heavy atom. The van der Waals surface area contributed by atoms with Gasteiger partial charge in [0.25, 0.3) is 0 Å². The van der Waals surface area contributed by atoms with Crippen LogP contribution in [0.25, 0.3) is 10.8 Å². The van der Waals surface area contributed by atoms with Crippen LogP contribution in [0.3, 0.4) is 0 Å². The number of hydrogen-bond acceptors (Lipinski definition) is 2. The Morgan fingerprint density at radius 1 is 0.375 bits per heavy atom. The summed E-state index contributed by atoms with van der Waals surface area (Å²) >= 11 is 0. The molecule has 2 nitrogen and oxygen atoms in total. The molecule has 0 radical (unpaired) electrons.